The summed E-state index contributed by atoms with van der Waals surface area (Å²) in [7, 11) is 2.90. The van der Waals surface area contributed by atoms with E-state index in [4.69, 9.17) is 9.47 Å². The number of hydrogen-bond acceptors (Lipinski definition) is 7. The lowest BCUT2D eigenvalue weighted by Crippen LogP contribution is -2.57. The zero-order valence-electron chi connectivity index (χ0n) is 17.6. The van der Waals surface area contributed by atoms with Crippen molar-refractivity contribution >= 4 is 17.4 Å². The standard InChI is InChI=1S/C23H27N3O4/c1-4-14-12-26-9-8-23(19(26)10-16(14)17(13-29-2)22(28)30-3)21(27)20-15(11-24)6-5-7-18(20)25-23/h5-7,13-14,16,19,25H,4,8-10,12H2,1-3H3/b17-13+/t14-,16+,19?,23?/m1/s1. The van der Waals surface area contributed by atoms with Crippen LogP contribution in [0, 0.1) is 23.2 Å². The summed E-state index contributed by atoms with van der Waals surface area (Å²) in [4.78, 5) is 28.5. The minimum atomic E-state index is -0.763. The predicted molar refractivity (Wildman–Crippen MR) is 111 cm³/mol. The number of benzene rings is 1. The van der Waals surface area contributed by atoms with Gasteiger partial charge in [0.2, 0.25) is 0 Å². The van der Waals surface area contributed by atoms with Crippen LogP contribution in [0.15, 0.2) is 30.0 Å². The van der Waals surface area contributed by atoms with Crippen LogP contribution in [-0.2, 0) is 14.3 Å². The molecule has 3 heterocycles. The third kappa shape index (κ3) is 2.90. The van der Waals surface area contributed by atoms with E-state index in [0.717, 1.165) is 25.2 Å². The number of piperidine rings is 1. The molecule has 2 fully saturated rings. The molecular formula is C23H27N3O4. The Balaban J connectivity index is 1.71. The molecule has 1 spiro atoms. The molecule has 1 N–H and O–H groups in total. The van der Waals surface area contributed by atoms with E-state index in [0.29, 0.717) is 29.5 Å². The van der Waals surface area contributed by atoms with Crippen molar-refractivity contribution in [3.8, 4) is 6.07 Å². The molecule has 2 unspecified atom stereocenters. The minimum Gasteiger partial charge on any atom is -0.504 e. The summed E-state index contributed by atoms with van der Waals surface area (Å²) >= 11 is 0. The summed E-state index contributed by atoms with van der Waals surface area (Å²) in [5, 5.41) is 13.0. The number of nitrogens with zero attached hydrogens (tertiary/aromatic N) is 2. The predicted octanol–water partition coefficient (Wildman–Crippen LogP) is 2.73. The van der Waals surface area contributed by atoms with Gasteiger partial charge in [0.05, 0.1) is 43.3 Å². The number of Topliss-reactive ketones (excluding diaryl/α,β-unsaturated/α-hetero) is 1. The van der Waals surface area contributed by atoms with Crippen molar-refractivity contribution in [2.75, 3.05) is 32.6 Å². The number of hydrogen-bond donors (Lipinski definition) is 1. The Hall–Kier alpha value is -2.85. The summed E-state index contributed by atoms with van der Waals surface area (Å²) in [6.07, 6.45) is 3.74. The van der Waals surface area contributed by atoms with Crippen LogP contribution in [0.2, 0.25) is 0 Å². The normalized spacial score (nSPS) is 30.4. The summed E-state index contributed by atoms with van der Waals surface area (Å²) in [6, 6.07) is 7.45. The Labute approximate surface area is 176 Å². The monoisotopic (exact) mass is 409 g/mol. The van der Waals surface area contributed by atoms with Gasteiger partial charge >= 0.3 is 5.97 Å². The summed E-state index contributed by atoms with van der Waals surface area (Å²) < 4.78 is 10.2. The van der Waals surface area contributed by atoms with Gasteiger partial charge in [-0.15, -0.1) is 0 Å². The van der Waals surface area contributed by atoms with Gasteiger partial charge in [-0.2, -0.15) is 5.26 Å². The second kappa shape index (κ2) is 7.77. The molecule has 4 rings (SSSR count). The number of ketones is 1. The number of rotatable bonds is 4. The molecule has 0 aromatic heterocycles. The van der Waals surface area contributed by atoms with E-state index in [-0.39, 0.29) is 29.6 Å². The molecule has 158 valence electrons. The quantitative estimate of drug-likeness (QED) is 0.464. The molecule has 4 atom stereocenters. The molecule has 2 saturated heterocycles. The first-order chi connectivity index (χ1) is 14.5. The molecule has 1 aromatic rings. The maximum atomic E-state index is 13.6. The van der Waals surface area contributed by atoms with Gasteiger partial charge in [0, 0.05) is 24.8 Å². The van der Waals surface area contributed by atoms with Crippen molar-refractivity contribution in [1.29, 1.82) is 5.26 Å². The number of nitrogens with one attached hydrogen (secondary N) is 1. The third-order valence-corrected chi connectivity index (χ3v) is 7.08. The van der Waals surface area contributed by atoms with Crippen molar-refractivity contribution in [2.24, 2.45) is 11.8 Å². The summed E-state index contributed by atoms with van der Waals surface area (Å²) in [5.74, 6) is -0.189. The van der Waals surface area contributed by atoms with Gasteiger partial charge in [-0.1, -0.05) is 19.4 Å². The lowest BCUT2D eigenvalue weighted by atomic mass is 9.72. The fraction of sp³-hybridized carbons (Fsp3) is 0.522. The molecule has 0 aliphatic carbocycles. The fourth-order valence-corrected chi connectivity index (χ4v) is 5.64. The molecule has 3 aliphatic rings. The number of ether oxygens (including phenoxy) is 2. The molecule has 0 saturated carbocycles. The number of nitriles is 1. The summed E-state index contributed by atoms with van der Waals surface area (Å²) in [6.45, 7) is 3.74. The molecule has 0 amide bonds. The zero-order chi connectivity index (χ0) is 21.5. The first-order valence-electron chi connectivity index (χ1n) is 10.4. The Morgan fingerprint density at radius 1 is 1.43 bits per heavy atom. The van der Waals surface area contributed by atoms with Gasteiger partial charge in [0.15, 0.2) is 5.78 Å². The molecule has 3 aliphatic heterocycles. The summed E-state index contributed by atoms with van der Waals surface area (Å²) in [5.41, 5.74) is 1.40. The van der Waals surface area contributed by atoms with Crippen molar-refractivity contribution in [2.45, 2.75) is 37.8 Å². The number of anilines is 1. The number of esters is 1. The third-order valence-electron chi connectivity index (χ3n) is 7.08. The van der Waals surface area contributed by atoms with E-state index in [2.05, 4.69) is 23.2 Å². The Bertz CT molecular complexity index is 950. The van der Waals surface area contributed by atoms with Crippen LogP contribution >= 0.6 is 0 Å². The molecule has 0 bridgehead atoms. The Kier molecular flexibility index (Phi) is 5.29. The second-order valence-electron chi connectivity index (χ2n) is 8.34. The van der Waals surface area contributed by atoms with E-state index in [1.807, 2.05) is 6.07 Å². The molecule has 7 nitrogen and oxygen atoms in total. The Morgan fingerprint density at radius 3 is 2.90 bits per heavy atom. The molecular weight excluding hydrogens is 382 g/mol. The van der Waals surface area contributed by atoms with Gasteiger partial charge < -0.3 is 14.8 Å². The van der Waals surface area contributed by atoms with E-state index >= 15 is 0 Å². The van der Waals surface area contributed by atoms with Crippen LogP contribution in [0.4, 0.5) is 5.69 Å². The highest BCUT2D eigenvalue weighted by Gasteiger charge is 2.59. The molecule has 1 aromatic carbocycles. The van der Waals surface area contributed by atoms with Crippen LogP contribution in [-0.4, -0.2) is 55.5 Å². The van der Waals surface area contributed by atoms with Crippen LogP contribution in [0.25, 0.3) is 0 Å². The van der Waals surface area contributed by atoms with Crippen molar-refractivity contribution in [3.63, 3.8) is 0 Å². The van der Waals surface area contributed by atoms with E-state index < -0.39 is 5.54 Å². The number of methoxy groups -OCH3 is 2. The van der Waals surface area contributed by atoms with Crippen molar-refractivity contribution in [3.05, 3.63) is 41.2 Å². The van der Waals surface area contributed by atoms with Gasteiger partial charge in [-0.05, 0) is 36.8 Å². The number of fused-ring (bicyclic) bond motifs is 3. The van der Waals surface area contributed by atoms with Gasteiger partial charge in [0.25, 0.3) is 0 Å². The lowest BCUT2D eigenvalue weighted by Gasteiger charge is -2.45. The molecule has 30 heavy (non-hydrogen) atoms. The zero-order valence-corrected chi connectivity index (χ0v) is 17.6. The van der Waals surface area contributed by atoms with Gasteiger partial charge in [-0.25, -0.2) is 4.79 Å². The number of carbonyl (C=O) groups is 2. The second-order valence-corrected chi connectivity index (χ2v) is 8.34. The first kappa shape index (κ1) is 20.4. The van der Waals surface area contributed by atoms with E-state index in [9.17, 15) is 14.9 Å². The maximum absolute atomic E-state index is 13.6. The smallest absolute Gasteiger partial charge is 0.337 e. The van der Waals surface area contributed by atoms with Crippen LogP contribution in [0.3, 0.4) is 0 Å². The largest absolute Gasteiger partial charge is 0.504 e. The Morgan fingerprint density at radius 2 is 2.23 bits per heavy atom. The minimum absolute atomic E-state index is 0.00816. The van der Waals surface area contributed by atoms with Crippen molar-refractivity contribution < 1.29 is 19.1 Å². The van der Waals surface area contributed by atoms with Gasteiger partial charge in [0.1, 0.15) is 5.54 Å². The SMILES string of the molecule is CC[C@@H]1CN2CCC3(Nc4cccc(C#N)c4C3=O)C2C[C@@H]1/C(=C\OC)C(=O)OC. The van der Waals surface area contributed by atoms with Crippen molar-refractivity contribution in [1.82, 2.24) is 4.90 Å². The van der Waals surface area contributed by atoms with Crippen LogP contribution in [0.5, 0.6) is 0 Å². The highest BCUT2D eigenvalue weighted by molar-refractivity contribution is 6.15. The van der Waals surface area contributed by atoms with Crippen LogP contribution in [0.1, 0.15) is 42.1 Å². The molecule has 0 radical (unpaired) electrons. The maximum Gasteiger partial charge on any atom is 0.337 e. The average Bonchev–Trinajstić information content (AvgIpc) is 3.28. The van der Waals surface area contributed by atoms with Gasteiger partial charge in [-0.3, -0.25) is 9.69 Å². The average molecular weight is 409 g/mol. The van der Waals surface area contributed by atoms with Crippen LogP contribution < -0.4 is 5.32 Å². The highest BCUT2D eigenvalue weighted by Crippen LogP contribution is 2.49. The topological polar surface area (TPSA) is 91.7 Å². The van der Waals surface area contributed by atoms with E-state index in [1.54, 1.807) is 12.1 Å². The fourth-order valence-electron chi connectivity index (χ4n) is 5.64. The van der Waals surface area contributed by atoms with E-state index in [1.165, 1.54) is 20.5 Å². The molecule has 7 heteroatoms. The first-order valence-corrected chi connectivity index (χ1v) is 10.4. The lowest BCUT2D eigenvalue weighted by molar-refractivity contribution is -0.137. The highest BCUT2D eigenvalue weighted by atomic mass is 16.5. The number of carbonyl (C=O) groups excluding carboxylic acids is 2.